The normalized spacial score (nSPS) is 13.2. The van der Waals surface area contributed by atoms with E-state index in [0.717, 1.165) is 17.6 Å². The minimum Gasteiger partial charge on any atom is -0.393 e. The maximum absolute atomic E-state index is 9.87. The first-order chi connectivity index (χ1) is 8.15. The highest BCUT2D eigenvalue weighted by Gasteiger charge is 2.09. The quantitative estimate of drug-likeness (QED) is 0.874. The molecule has 0 radical (unpaired) electrons. The first-order valence-corrected chi connectivity index (χ1v) is 5.90. The molecule has 4 heteroatoms. The van der Waals surface area contributed by atoms with Crippen LogP contribution in [-0.4, -0.2) is 26.2 Å². The Morgan fingerprint density at radius 3 is 2.71 bits per heavy atom. The molecule has 0 aromatic carbocycles. The zero-order valence-corrected chi connectivity index (χ0v) is 10.2. The van der Waals surface area contributed by atoms with Gasteiger partial charge in [-0.15, -0.1) is 0 Å². The third-order valence-corrected chi connectivity index (χ3v) is 2.58. The van der Waals surface area contributed by atoms with Crippen LogP contribution in [0.15, 0.2) is 24.5 Å². The van der Waals surface area contributed by atoms with Crippen LogP contribution in [0.5, 0.6) is 0 Å². The van der Waals surface area contributed by atoms with Crippen molar-refractivity contribution in [3.8, 4) is 0 Å². The molecule has 0 saturated carbocycles. The highest BCUT2D eigenvalue weighted by molar-refractivity contribution is 5.68. The SMILES string of the molecule is CC(C)CC(O)Cc1ccc2nccnc2n1. The van der Waals surface area contributed by atoms with Gasteiger partial charge in [0.2, 0.25) is 0 Å². The van der Waals surface area contributed by atoms with Crippen LogP contribution in [-0.2, 0) is 6.42 Å². The van der Waals surface area contributed by atoms with Gasteiger partial charge in [-0.05, 0) is 24.5 Å². The minimum absolute atomic E-state index is 0.336. The third kappa shape index (κ3) is 3.20. The molecule has 0 aliphatic carbocycles. The monoisotopic (exact) mass is 231 g/mol. The maximum Gasteiger partial charge on any atom is 0.178 e. The van der Waals surface area contributed by atoms with Crippen molar-refractivity contribution < 1.29 is 5.11 Å². The van der Waals surface area contributed by atoms with Crippen LogP contribution >= 0.6 is 0 Å². The molecule has 0 saturated heterocycles. The van der Waals surface area contributed by atoms with E-state index in [-0.39, 0.29) is 6.10 Å². The van der Waals surface area contributed by atoms with E-state index in [1.165, 1.54) is 0 Å². The molecule has 17 heavy (non-hydrogen) atoms. The molecule has 1 N–H and O–H groups in total. The number of rotatable bonds is 4. The lowest BCUT2D eigenvalue weighted by Crippen LogP contribution is -2.14. The molecule has 4 nitrogen and oxygen atoms in total. The van der Waals surface area contributed by atoms with Crippen molar-refractivity contribution in [2.75, 3.05) is 0 Å². The average molecular weight is 231 g/mol. The van der Waals surface area contributed by atoms with Crippen LogP contribution in [0.2, 0.25) is 0 Å². The van der Waals surface area contributed by atoms with Crippen LogP contribution in [0.4, 0.5) is 0 Å². The lowest BCUT2D eigenvalue weighted by molar-refractivity contribution is 0.148. The van der Waals surface area contributed by atoms with Gasteiger partial charge in [-0.1, -0.05) is 13.8 Å². The Balaban J connectivity index is 2.14. The molecular weight excluding hydrogens is 214 g/mol. The van der Waals surface area contributed by atoms with Gasteiger partial charge in [0, 0.05) is 24.5 Å². The smallest absolute Gasteiger partial charge is 0.178 e. The summed E-state index contributed by atoms with van der Waals surface area (Å²) in [5, 5.41) is 9.87. The van der Waals surface area contributed by atoms with Gasteiger partial charge >= 0.3 is 0 Å². The largest absolute Gasteiger partial charge is 0.393 e. The predicted molar refractivity (Wildman–Crippen MR) is 66.5 cm³/mol. The van der Waals surface area contributed by atoms with Crippen molar-refractivity contribution in [3.63, 3.8) is 0 Å². The highest BCUT2D eigenvalue weighted by atomic mass is 16.3. The van der Waals surface area contributed by atoms with Crippen LogP contribution < -0.4 is 0 Å². The molecular formula is C13H17N3O. The Bertz CT molecular complexity index is 499. The second-order valence-corrected chi connectivity index (χ2v) is 4.69. The molecule has 1 atom stereocenters. The molecule has 2 aromatic rings. The zero-order valence-electron chi connectivity index (χ0n) is 10.2. The summed E-state index contributed by atoms with van der Waals surface area (Å²) < 4.78 is 0. The number of aromatic nitrogens is 3. The van der Waals surface area contributed by atoms with Gasteiger partial charge in [-0.3, -0.25) is 4.98 Å². The Morgan fingerprint density at radius 2 is 1.94 bits per heavy atom. The van der Waals surface area contributed by atoms with E-state index in [4.69, 9.17) is 0 Å². The van der Waals surface area contributed by atoms with Crippen molar-refractivity contribution in [1.82, 2.24) is 15.0 Å². The van der Waals surface area contributed by atoms with E-state index in [1.54, 1.807) is 12.4 Å². The summed E-state index contributed by atoms with van der Waals surface area (Å²) in [4.78, 5) is 12.7. The number of hydrogen-bond donors (Lipinski definition) is 1. The van der Waals surface area contributed by atoms with E-state index >= 15 is 0 Å². The topological polar surface area (TPSA) is 58.9 Å². The van der Waals surface area contributed by atoms with Gasteiger partial charge in [0.25, 0.3) is 0 Å². The molecule has 0 aliphatic rings. The first kappa shape index (κ1) is 11.9. The highest BCUT2D eigenvalue weighted by Crippen LogP contribution is 2.12. The number of aliphatic hydroxyl groups is 1. The molecule has 2 heterocycles. The van der Waals surface area contributed by atoms with Crippen molar-refractivity contribution in [3.05, 3.63) is 30.2 Å². The summed E-state index contributed by atoms with van der Waals surface area (Å²) in [6, 6.07) is 3.80. The van der Waals surface area contributed by atoms with Gasteiger partial charge < -0.3 is 5.11 Å². The number of aliphatic hydroxyl groups excluding tert-OH is 1. The predicted octanol–water partition coefficient (Wildman–Crippen LogP) is 1.97. The molecule has 0 spiro atoms. The Morgan fingerprint density at radius 1 is 1.18 bits per heavy atom. The Kier molecular flexibility index (Phi) is 3.64. The fourth-order valence-corrected chi connectivity index (χ4v) is 1.88. The van der Waals surface area contributed by atoms with Crippen LogP contribution in [0.3, 0.4) is 0 Å². The van der Waals surface area contributed by atoms with Crippen LogP contribution in [0.1, 0.15) is 26.0 Å². The van der Waals surface area contributed by atoms with E-state index in [9.17, 15) is 5.11 Å². The van der Waals surface area contributed by atoms with Gasteiger partial charge in [-0.25, -0.2) is 9.97 Å². The number of pyridine rings is 1. The fraction of sp³-hybridized carbons (Fsp3) is 0.462. The zero-order chi connectivity index (χ0) is 12.3. The van der Waals surface area contributed by atoms with E-state index in [0.29, 0.717) is 18.0 Å². The van der Waals surface area contributed by atoms with Crippen molar-refractivity contribution in [1.29, 1.82) is 0 Å². The molecule has 0 amide bonds. The molecule has 1 unspecified atom stereocenters. The first-order valence-electron chi connectivity index (χ1n) is 5.90. The van der Waals surface area contributed by atoms with E-state index in [1.807, 2.05) is 12.1 Å². The van der Waals surface area contributed by atoms with Crippen molar-refractivity contribution >= 4 is 11.2 Å². The summed E-state index contributed by atoms with van der Waals surface area (Å²) in [6.07, 6.45) is 4.31. The fourth-order valence-electron chi connectivity index (χ4n) is 1.88. The molecule has 90 valence electrons. The lowest BCUT2D eigenvalue weighted by atomic mass is 10.0. The standard InChI is InChI=1S/C13H17N3O/c1-9(2)7-11(17)8-10-3-4-12-13(16-10)15-6-5-14-12/h3-6,9,11,17H,7-8H2,1-2H3. The Hall–Kier alpha value is -1.55. The lowest BCUT2D eigenvalue weighted by Gasteiger charge is -2.12. The molecule has 0 bridgehead atoms. The summed E-state index contributed by atoms with van der Waals surface area (Å²) in [7, 11) is 0. The van der Waals surface area contributed by atoms with Gasteiger partial charge in [0.1, 0.15) is 5.52 Å². The summed E-state index contributed by atoms with van der Waals surface area (Å²) in [5.74, 6) is 0.491. The summed E-state index contributed by atoms with van der Waals surface area (Å²) >= 11 is 0. The molecule has 2 aromatic heterocycles. The second kappa shape index (κ2) is 5.19. The van der Waals surface area contributed by atoms with Crippen LogP contribution in [0.25, 0.3) is 11.2 Å². The maximum atomic E-state index is 9.87. The molecule has 0 fully saturated rings. The van der Waals surface area contributed by atoms with Crippen LogP contribution in [0, 0.1) is 5.92 Å². The average Bonchev–Trinajstić information content (AvgIpc) is 2.27. The minimum atomic E-state index is -0.336. The van der Waals surface area contributed by atoms with Gasteiger partial charge in [0.05, 0.1) is 6.10 Å². The summed E-state index contributed by atoms with van der Waals surface area (Å²) in [6.45, 7) is 4.20. The number of nitrogens with zero attached hydrogens (tertiary/aromatic N) is 3. The Labute approximate surface area is 101 Å². The number of hydrogen-bond acceptors (Lipinski definition) is 4. The van der Waals surface area contributed by atoms with Gasteiger partial charge in [-0.2, -0.15) is 0 Å². The van der Waals surface area contributed by atoms with Gasteiger partial charge in [0.15, 0.2) is 5.65 Å². The molecule has 2 rings (SSSR count). The number of fused-ring (bicyclic) bond motifs is 1. The van der Waals surface area contributed by atoms with E-state index in [2.05, 4.69) is 28.8 Å². The van der Waals surface area contributed by atoms with Crippen molar-refractivity contribution in [2.45, 2.75) is 32.8 Å². The van der Waals surface area contributed by atoms with Crippen molar-refractivity contribution in [2.24, 2.45) is 5.92 Å². The van der Waals surface area contributed by atoms with E-state index < -0.39 is 0 Å². The third-order valence-electron chi connectivity index (χ3n) is 2.58. The second-order valence-electron chi connectivity index (χ2n) is 4.69. The summed E-state index contributed by atoms with van der Waals surface area (Å²) in [5.41, 5.74) is 2.29. The molecule has 0 aliphatic heterocycles.